The molecule has 0 radical (unpaired) electrons. The number of hydrogen-bond acceptors (Lipinski definition) is 3. The zero-order valence-electron chi connectivity index (χ0n) is 12.5. The molecule has 2 rings (SSSR count). The molecule has 0 saturated heterocycles. The summed E-state index contributed by atoms with van der Waals surface area (Å²) in [5.74, 6) is 1.08. The van der Waals surface area contributed by atoms with Crippen molar-refractivity contribution in [2.75, 3.05) is 20.8 Å². The summed E-state index contributed by atoms with van der Waals surface area (Å²) in [5, 5.41) is 3.40. The molecule has 1 N–H and O–H groups in total. The lowest BCUT2D eigenvalue weighted by molar-refractivity contribution is 0.0631. The van der Waals surface area contributed by atoms with Gasteiger partial charge in [-0.3, -0.25) is 0 Å². The van der Waals surface area contributed by atoms with Crippen LogP contribution in [0.5, 0.6) is 5.75 Å². The highest BCUT2D eigenvalue weighted by Crippen LogP contribution is 2.34. The van der Waals surface area contributed by atoms with Crippen LogP contribution in [0.25, 0.3) is 0 Å². The number of methoxy groups -OCH3 is 1. The highest BCUT2D eigenvalue weighted by atomic mass is 79.9. The molecule has 0 spiro atoms. The molecule has 1 aliphatic rings. The summed E-state index contributed by atoms with van der Waals surface area (Å²) < 4.78 is 12.6. The van der Waals surface area contributed by atoms with Crippen molar-refractivity contribution < 1.29 is 9.47 Å². The van der Waals surface area contributed by atoms with Crippen LogP contribution in [0.2, 0.25) is 0 Å². The number of fused-ring (bicyclic) bond motifs is 1. The summed E-state index contributed by atoms with van der Waals surface area (Å²) in [6, 6.07) is 4.65. The Morgan fingerprint density at radius 1 is 1.45 bits per heavy atom. The SMILES string of the molecule is CCCC(OC)C(Cc1cc(Br)cc2c1OCC2)NC. The van der Waals surface area contributed by atoms with Crippen LogP contribution in [0.3, 0.4) is 0 Å². The van der Waals surface area contributed by atoms with Gasteiger partial charge in [-0.25, -0.2) is 0 Å². The van der Waals surface area contributed by atoms with E-state index in [-0.39, 0.29) is 6.10 Å². The maximum atomic E-state index is 5.81. The van der Waals surface area contributed by atoms with Crippen molar-refractivity contribution in [2.45, 2.75) is 44.8 Å². The molecule has 0 fully saturated rings. The number of likely N-dealkylation sites (N-methyl/N-ethyl adjacent to an activating group) is 1. The maximum Gasteiger partial charge on any atom is 0.125 e. The van der Waals surface area contributed by atoms with Crippen LogP contribution in [0.15, 0.2) is 16.6 Å². The van der Waals surface area contributed by atoms with Crippen molar-refractivity contribution in [3.05, 3.63) is 27.7 Å². The van der Waals surface area contributed by atoms with E-state index in [1.165, 1.54) is 11.1 Å². The fourth-order valence-corrected chi connectivity index (χ4v) is 3.47. The molecular formula is C16H24BrNO2. The van der Waals surface area contributed by atoms with Crippen LogP contribution < -0.4 is 10.1 Å². The third kappa shape index (κ3) is 3.54. The molecule has 1 aromatic carbocycles. The summed E-state index contributed by atoms with van der Waals surface area (Å²) in [4.78, 5) is 0. The highest BCUT2D eigenvalue weighted by Gasteiger charge is 2.24. The molecule has 3 nitrogen and oxygen atoms in total. The van der Waals surface area contributed by atoms with Gasteiger partial charge in [-0.1, -0.05) is 29.3 Å². The Labute approximate surface area is 130 Å². The topological polar surface area (TPSA) is 30.5 Å². The third-order valence-electron chi connectivity index (χ3n) is 3.96. The Balaban J connectivity index is 2.19. The minimum atomic E-state index is 0.237. The van der Waals surface area contributed by atoms with Gasteiger partial charge in [0.25, 0.3) is 0 Å². The first-order valence-electron chi connectivity index (χ1n) is 7.33. The number of rotatable bonds is 7. The van der Waals surface area contributed by atoms with Crippen LogP contribution >= 0.6 is 15.9 Å². The molecule has 0 bridgehead atoms. The fraction of sp³-hybridized carbons (Fsp3) is 0.625. The Morgan fingerprint density at radius 2 is 2.25 bits per heavy atom. The van der Waals surface area contributed by atoms with E-state index in [2.05, 4.69) is 40.3 Å². The van der Waals surface area contributed by atoms with Crippen molar-refractivity contribution in [3.63, 3.8) is 0 Å². The maximum absolute atomic E-state index is 5.81. The zero-order chi connectivity index (χ0) is 14.5. The Kier molecular flexibility index (Phi) is 5.87. The van der Waals surface area contributed by atoms with Crippen LogP contribution in [0.1, 0.15) is 30.9 Å². The number of hydrogen-bond donors (Lipinski definition) is 1. The minimum absolute atomic E-state index is 0.237. The van der Waals surface area contributed by atoms with Crippen molar-refractivity contribution in [1.29, 1.82) is 0 Å². The van der Waals surface area contributed by atoms with Crippen molar-refractivity contribution in [1.82, 2.24) is 5.32 Å². The van der Waals surface area contributed by atoms with Gasteiger partial charge < -0.3 is 14.8 Å². The van der Waals surface area contributed by atoms with Crippen LogP contribution in [-0.2, 0) is 17.6 Å². The lowest BCUT2D eigenvalue weighted by atomic mass is 9.96. The van der Waals surface area contributed by atoms with E-state index < -0.39 is 0 Å². The summed E-state index contributed by atoms with van der Waals surface area (Å²) >= 11 is 3.61. The molecule has 1 aromatic rings. The van der Waals surface area contributed by atoms with E-state index in [0.29, 0.717) is 6.04 Å². The van der Waals surface area contributed by atoms with Gasteiger partial charge in [-0.15, -0.1) is 0 Å². The van der Waals surface area contributed by atoms with E-state index in [9.17, 15) is 0 Å². The van der Waals surface area contributed by atoms with Gasteiger partial charge in [-0.2, -0.15) is 0 Å². The van der Waals surface area contributed by atoms with E-state index in [1.807, 2.05) is 7.05 Å². The van der Waals surface area contributed by atoms with Gasteiger partial charge in [-0.05, 0) is 43.1 Å². The first kappa shape index (κ1) is 15.8. The van der Waals surface area contributed by atoms with E-state index in [4.69, 9.17) is 9.47 Å². The lowest BCUT2D eigenvalue weighted by Gasteiger charge is -2.26. The van der Waals surface area contributed by atoms with Gasteiger partial charge in [0.1, 0.15) is 5.75 Å². The van der Waals surface area contributed by atoms with Gasteiger partial charge in [0, 0.05) is 24.0 Å². The molecule has 20 heavy (non-hydrogen) atoms. The predicted octanol–water partition coefficient (Wildman–Crippen LogP) is 3.33. The van der Waals surface area contributed by atoms with Crippen LogP contribution in [0.4, 0.5) is 0 Å². The van der Waals surface area contributed by atoms with Crippen molar-refractivity contribution in [3.8, 4) is 5.75 Å². The smallest absolute Gasteiger partial charge is 0.125 e. The average Bonchev–Trinajstić information content (AvgIpc) is 2.90. The summed E-state index contributed by atoms with van der Waals surface area (Å²) in [7, 11) is 3.80. The number of nitrogens with one attached hydrogen (secondary N) is 1. The molecule has 2 unspecified atom stereocenters. The zero-order valence-corrected chi connectivity index (χ0v) is 14.1. The van der Waals surface area contributed by atoms with Crippen molar-refractivity contribution >= 4 is 15.9 Å². The molecule has 0 aromatic heterocycles. The van der Waals surface area contributed by atoms with Gasteiger partial charge in [0.2, 0.25) is 0 Å². The van der Waals surface area contributed by atoms with Crippen LogP contribution in [-0.4, -0.2) is 32.9 Å². The molecule has 4 heteroatoms. The van der Waals surface area contributed by atoms with E-state index >= 15 is 0 Å². The Bertz CT molecular complexity index is 450. The van der Waals surface area contributed by atoms with E-state index in [1.54, 1.807) is 7.11 Å². The molecule has 1 heterocycles. The van der Waals surface area contributed by atoms with E-state index in [0.717, 1.165) is 42.5 Å². The fourth-order valence-electron chi connectivity index (χ4n) is 2.92. The second-order valence-corrected chi connectivity index (χ2v) is 6.23. The minimum Gasteiger partial charge on any atom is -0.493 e. The van der Waals surface area contributed by atoms with Crippen molar-refractivity contribution in [2.24, 2.45) is 0 Å². The summed E-state index contributed by atoms with van der Waals surface area (Å²) in [6.45, 7) is 2.99. The largest absolute Gasteiger partial charge is 0.493 e. The molecular weight excluding hydrogens is 318 g/mol. The highest BCUT2D eigenvalue weighted by molar-refractivity contribution is 9.10. The molecule has 0 aliphatic carbocycles. The molecule has 112 valence electrons. The Hall–Kier alpha value is -0.580. The average molecular weight is 342 g/mol. The molecule has 1 aliphatic heterocycles. The first-order valence-corrected chi connectivity index (χ1v) is 8.13. The predicted molar refractivity (Wildman–Crippen MR) is 85.6 cm³/mol. The third-order valence-corrected chi connectivity index (χ3v) is 4.42. The normalized spacial score (nSPS) is 16.6. The number of benzene rings is 1. The lowest BCUT2D eigenvalue weighted by Crippen LogP contribution is -2.40. The second-order valence-electron chi connectivity index (χ2n) is 5.31. The quantitative estimate of drug-likeness (QED) is 0.825. The Morgan fingerprint density at radius 3 is 2.90 bits per heavy atom. The summed E-state index contributed by atoms with van der Waals surface area (Å²) in [6.07, 6.45) is 4.37. The number of ether oxygens (including phenoxy) is 2. The number of halogens is 1. The van der Waals surface area contributed by atoms with Gasteiger partial charge in [0.05, 0.1) is 12.7 Å². The molecule has 0 saturated carbocycles. The first-order chi connectivity index (χ1) is 9.69. The molecule has 2 atom stereocenters. The second kappa shape index (κ2) is 7.43. The van der Waals surface area contributed by atoms with Crippen LogP contribution in [0, 0.1) is 0 Å². The molecule has 0 amide bonds. The van der Waals surface area contributed by atoms with Gasteiger partial charge >= 0.3 is 0 Å². The monoisotopic (exact) mass is 341 g/mol. The van der Waals surface area contributed by atoms with Gasteiger partial charge in [0.15, 0.2) is 0 Å². The standard InChI is InChI=1S/C16H24BrNO2/c1-4-5-15(19-3)14(18-2)10-12-9-13(17)8-11-6-7-20-16(11)12/h8-9,14-15,18H,4-7,10H2,1-3H3. The summed E-state index contributed by atoms with van der Waals surface area (Å²) in [5.41, 5.74) is 2.58.